The molecule has 1 atom stereocenters. The number of alkyl halides is 3. The molecule has 0 aliphatic carbocycles. The summed E-state index contributed by atoms with van der Waals surface area (Å²) in [7, 11) is 1.54. The van der Waals surface area contributed by atoms with E-state index in [0.717, 1.165) is 17.7 Å². The number of ether oxygens (including phenoxy) is 1. The molecule has 0 aliphatic heterocycles. The van der Waals surface area contributed by atoms with E-state index in [1.807, 2.05) is 0 Å². The molecule has 0 saturated carbocycles. The van der Waals surface area contributed by atoms with Gasteiger partial charge in [0.25, 0.3) is 0 Å². The van der Waals surface area contributed by atoms with Crippen molar-refractivity contribution in [1.29, 1.82) is 0 Å². The zero-order valence-corrected chi connectivity index (χ0v) is 13.4. The Morgan fingerprint density at radius 3 is 2.54 bits per heavy atom. The van der Waals surface area contributed by atoms with Crippen molar-refractivity contribution >= 4 is 5.91 Å². The second kappa shape index (κ2) is 7.38. The largest absolute Gasteiger partial charge is 0.497 e. The van der Waals surface area contributed by atoms with Crippen LogP contribution >= 0.6 is 0 Å². The Labute approximate surface area is 138 Å². The predicted molar refractivity (Wildman–Crippen MR) is 84.7 cm³/mol. The van der Waals surface area contributed by atoms with Gasteiger partial charge in [0.15, 0.2) is 0 Å². The molecule has 2 aromatic rings. The van der Waals surface area contributed by atoms with E-state index in [0.29, 0.717) is 11.3 Å². The van der Waals surface area contributed by atoms with Gasteiger partial charge in [-0.1, -0.05) is 24.3 Å². The van der Waals surface area contributed by atoms with E-state index in [1.54, 1.807) is 37.3 Å². The van der Waals surface area contributed by atoms with Crippen LogP contribution in [0.2, 0.25) is 0 Å². The lowest BCUT2D eigenvalue weighted by Gasteiger charge is -2.16. The summed E-state index contributed by atoms with van der Waals surface area (Å²) in [4.78, 5) is 12.1. The fourth-order valence-electron chi connectivity index (χ4n) is 2.33. The molecule has 1 amide bonds. The summed E-state index contributed by atoms with van der Waals surface area (Å²) in [5.41, 5.74) is 0.445. The van der Waals surface area contributed by atoms with E-state index in [1.165, 1.54) is 13.2 Å². The van der Waals surface area contributed by atoms with Gasteiger partial charge in [-0.3, -0.25) is 4.79 Å². The van der Waals surface area contributed by atoms with Gasteiger partial charge in [0.05, 0.1) is 25.1 Å². The Kier molecular flexibility index (Phi) is 5.49. The molecule has 24 heavy (non-hydrogen) atoms. The molecule has 2 rings (SSSR count). The molecule has 0 heterocycles. The van der Waals surface area contributed by atoms with Crippen molar-refractivity contribution in [2.75, 3.05) is 7.11 Å². The predicted octanol–water partition coefficient (Wildman–Crippen LogP) is 4.13. The van der Waals surface area contributed by atoms with Crippen molar-refractivity contribution < 1.29 is 22.7 Å². The van der Waals surface area contributed by atoms with Crippen LogP contribution < -0.4 is 10.1 Å². The van der Waals surface area contributed by atoms with Crippen LogP contribution in [0.15, 0.2) is 48.5 Å². The molecule has 0 radical (unpaired) electrons. The molecule has 0 saturated heterocycles. The van der Waals surface area contributed by atoms with Crippen LogP contribution in [0.4, 0.5) is 13.2 Å². The van der Waals surface area contributed by atoms with Crippen LogP contribution in [0.5, 0.6) is 5.75 Å². The van der Waals surface area contributed by atoms with Gasteiger partial charge < -0.3 is 10.1 Å². The molecule has 0 spiro atoms. The number of carbonyl (C=O) groups excluding carboxylic acids is 1. The summed E-state index contributed by atoms with van der Waals surface area (Å²) in [5, 5.41) is 2.71. The van der Waals surface area contributed by atoms with Crippen LogP contribution in [-0.2, 0) is 17.4 Å². The lowest BCUT2D eigenvalue weighted by Crippen LogP contribution is -2.28. The molecule has 0 fully saturated rings. The molecule has 1 unspecified atom stereocenters. The van der Waals surface area contributed by atoms with Gasteiger partial charge in [-0.2, -0.15) is 13.2 Å². The second-order valence-electron chi connectivity index (χ2n) is 5.44. The molecule has 6 heteroatoms. The maximum Gasteiger partial charge on any atom is 0.416 e. The first-order valence-electron chi connectivity index (χ1n) is 7.39. The van der Waals surface area contributed by atoms with Gasteiger partial charge in [0, 0.05) is 0 Å². The van der Waals surface area contributed by atoms with Gasteiger partial charge in [0.2, 0.25) is 5.91 Å². The average molecular weight is 337 g/mol. The fourth-order valence-corrected chi connectivity index (χ4v) is 2.33. The van der Waals surface area contributed by atoms with Crippen LogP contribution in [0, 0.1) is 0 Å². The molecular weight excluding hydrogens is 319 g/mol. The quantitative estimate of drug-likeness (QED) is 0.891. The third-order valence-electron chi connectivity index (χ3n) is 3.59. The third-order valence-corrected chi connectivity index (χ3v) is 3.59. The van der Waals surface area contributed by atoms with Crippen molar-refractivity contribution in [3.63, 3.8) is 0 Å². The van der Waals surface area contributed by atoms with E-state index < -0.39 is 17.8 Å². The van der Waals surface area contributed by atoms with Crippen LogP contribution in [0.1, 0.15) is 29.7 Å². The van der Waals surface area contributed by atoms with Gasteiger partial charge in [-0.25, -0.2) is 0 Å². The van der Waals surface area contributed by atoms with Crippen molar-refractivity contribution in [3.8, 4) is 5.75 Å². The zero-order valence-electron chi connectivity index (χ0n) is 13.4. The van der Waals surface area contributed by atoms with Crippen molar-refractivity contribution in [3.05, 3.63) is 65.2 Å². The smallest absolute Gasteiger partial charge is 0.416 e. The molecule has 3 nitrogen and oxygen atoms in total. The van der Waals surface area contributed by atoms with E-state index in [9.17, 15) is 18.0 Å². The SMILES string of the molecule is COc1cccc(CC(=O)NC(C)c2cccc(C(F)(F)F)c2)c1. The minimum atomic E-state index is -4.40. The monoisotopic (exact) mass is 337 g/mol. The summed E-state index contributed by atoms with van der Waals surface area (Å²) in [5.74, 6) is 0.374. The number of hydrogen-bond donors (Lipinski definition) is 1. The summed E-state index contributed by atoms with van der Waals surface area (Å²) in [6.45, 7) is 1.65. The molecule has 0 aromatic heterocycles. The topological polar surface area (TPSA) is 38.3 Å². The Morgan fingerprint density at radius 2 is 1.88 bits per heavy atom. The van der Waals surface area contributed by atoms with Crippen LogP contribution in [0.25, 0.3) is 0 Å². The first-order valence-corrected chi connectivity index (χ1v) is 7.39. The van der Waals surface area contributed by atoms with Gasteiger partial charge in [0.1, 0.15) is 5.75 Å². The highest BCUT2D eigenvalue weighted by atomic mass is 19.4. The maximum absolute atomic E-state index is 12.8. The standard InChI is InChI=1S/C18H18F3NO2/c1-12(14-6-4-7-15(11-14)18(19,20)21)22-17(23)10-13-5-3-8-16(9-13)24-2/h3-9,11-12H,10H2,1-2H3,(H,22,23). The summed E-state index contributed by atoms with van der Waals surface area (Å²) >= 11 is 0. The fraction of sp³-hybridized carbons (Fsp3) is 0.278. The zero-order chi connectivity index (χ0) is 17.7. The second-order valence-corrected chi connectivity index (χ2v) is 5.44. The average Bonchev–Trinajstić information content (AvgIpc) is 2.54. The number of methoxy groups -OCH3 is 1. The Morgan fingerprint density at radius 1 is 1.17 bits per heavy atom. The molecular formula is C18H18F3NO2. The molecule has 0 bridgehead atoms. The minimum Gasteiger partial charge on any atom is -0.497 e. The first kappa shape index (κ1) is 17.8. The number of halogens is 3. The highest BCUT2D eigenvalue weighted by Crippen LogP contribution is 2.30. The number of benzene rings is 2. The minimum absolute atomic E-state index is 0.125. The lowest BCUT2D eigenvalue weighted by molar-refractivity contribution is -0.137. The van der Waals surface area contributed by atoms with Crippen LogP contribution in [-0.4, -0.2) is 13.0 Å². The molecule has 0 aliphatic rings. The van der Waals surface area contributed by atoms with Gasteiger partial charge >= 0.3 is 6.18 Å². The normalized spacial score (nSPS) is 12.5. The Hall–Kier alpha value is -2.50. The Balaban J connectivity index is 2.03. The number of amides is 1. The third kappa shape index (κ3) is 4.75. The van der Waals surface area contributed by atoms with E-state index in [-0.39, 0.29) is 12.3 Å². The number of rotatable bonds is 5. The number of nitrogens with one attached hydrogen (secondary N) is 1. The molecule has 1 N–H and O–H groups in total. The maximum atomic E-state index is 12.8. The highest BCUT2D eigenvalue weighted by Gasteiger charge is 2.30. The van der Waals surface area contributed by atoms with Gasteiger partial charge in [-0.15, -0.1) is 0 Å². The highest BCUT2D eigenvalue weighted by molar-refractivity contribution is 5.79. The summed E-state index contributed by atoms with van der Waals surface area (Å²) < 4.78 is 43.4. The van der Waals surface area contributed by atoms with Crippen molar-refractivity contribution in [2.24, 2.45) is 0 Å². The first-order chi connectivity index (χ1) is 11.3. The van der Waals surface area contributed by atoms with E-state index in [2.05, 4.69) is 5.32 Å². The number of hydrogen-bond acceptors (Lipinski definition) is 2. The van der Waals surface area contributed by atoms with Crippen molar-refractivity contribution in [2.45, 2.75) is 25.6 Å². The Bertz CT molecular complexity index is 713. The summed E-state index contributed by atoms with van der Waals surface area (Å²) in [6.07, 6.45) is -4.28. The molecule has 2 aromatic carbocycles. The van der Waals surface area contributed by atoms with Crippen LogP contribution in [0.3, 0.4) is 0 Å². The lowest BCUT2D eigenvalue weighted by atomic mass is 10.0. The van der Waals surface area contributed by atoms with Gasteiger partial charge in [-0.05, 0) is 42.3 Å². The number of carbonyl (C=O) groups is 1. The molecule has 128 valence electrons. The van der Waals surface area contributed by atoms with E-state index in [4.69, 9.17) is 4.74 Å². The van der Waals surface area contributed by atoms with Crippen molar-refractivity contribution in [1.82, 2.24) is 5.32 Å². The van der Waals surface area contributed by atoms with E-state index >= 15 is 0 Å². The summed E-state index contributed by atoms with van der Waals surface area (Å²) in [6, 6.07) is 11.5.